The van der Waals surface area contributed by atoms with Gasteiger partial charge in [-0.05, 0) is 18.2 Å². The van der Waals surface area contributed by atoms with Gasteiger partial charge in [-0.1, -0.05) is 6.07 Å². The Kier molecular flexibility index (Phi) is 3.29. The first kappa shape index (κ1) is 11.9. The lowest BCUT2D eigenvalue weighted by molar-refractivity contribution is 0.122. The van der Waals surface area contributed by atoms with Gasteiger partial charge in [0.15, 0.2) is 0 Å². The molecular formula is C14H15N3O2. The van der Waals surface area contributed by atoms with Gasteiger partial charge in [-0.2, -0.15) is 0 Å². The zero-order valence-electron chi connectivity index (χ0n) is 10.5. The van der Waals surface area contributed by atoms with Crippen LogP contribution in [0.5, 0.6) is 0 Å². The van der Waals surface area contributed by atoms with Gasteiger partial charge in [-0.15, -0.1) is 0 Å². The number of anilines is 1. The van der Waals surface area contributed by atoms with Crippen LogP contribution in [0.4, 0.5) is 5.82 Å². The first-order valence-corrected chi connectivity index (χ1v) is 6.31. The van der Waals surface area contributed by atoms with Crippen molar-refractivity contribution in [1.29, 1.82) is 0 Å². The molecule has 1 aliphatic heterocycles. The summed E-state index contributed by atoms with van der Waals surface area (Å²) in [6.45, 7) is 2.99. The van der Waals surface area contributed by atoms with Crippen molar-refractivity contribution in [1.82, 2.24) is 9.55 Å². The van der Waals surface area contributed by atoms with Gasteiger partial charge < -0.3 is 9.64 Å². The lowest BCUT2D eigenvalue weighted by Crippen LogP contribution is -2.39. The molecule has 1 aliphatic rings. The predicted molar refractivity (Wildman–Crippen MR) is 72.9 cm³/mol. The summed E-state index contributed by atoms with van der Waals surface area (Å²) >= 11 is 0. The van der Waals surface area contributed by atoms with E-state index < -0.39 is 0 Å². The van der Waals surface area contributed by atoms with Gasteiger partial charge in [0, 0.05) is 31.5 Å². The number of hydrogen-bond acceptors (Lipinski definition) is 4. The van der Waals surface area contributed by atoms with Gasteiger partial charge in [0.2, 0.25) is 0 Å². The maximum Gasteiger partial charge on any atom is 0.256 e. The summed E-state index contributed by atoms with van der Waals surface area (Å²) in [5.74, 6) is 0.905. The van der Waals surface area contributed by atoms with Crippen LogP contribution < -0.4 is 10.5 Å². The average Bonchev–Trinajstić information content (AvgIpc) is 2.49. The Balaban J connectivity index is 2.10. The van der Waals surface area contributed by atoms with Crippen molar-refractivity contribution in [2.45, 2.75) is 0 Å². The highest BCUT2D eigenvalue weighted by Crippen LogP contribution is 2.17. The number of ether oxygens (including phenoxy) is 1. The van der Waals surface area contributed by atoms with Crippen molar-refractivity contribution in [2.75, 3.05) is 31.2 Å². The van der Waals surface area contributed by atoms with E-state index in [4.69, 9.17) is 4.74 Å². The molecule has 5 heteroatoms. The molecule has 0 radical (unpaired) electrons. The van der Waals surface area contributed by atoms with E-state index in [-0.39, 0.29) is 5.56 Å². The van der Waals surface area contributed by atoms with Crippen molar-refractivity contribution in [2.24, 2.45) is 0 Å². The predicted octanol–water partition coefficient (Wildman–Crippen LogP) is 1.07. The van der Waals surface area contributed by atoms with Crippen LogP contribution in [0.15, 0.2) is 47.5 Å². The third-order valence-corrected chi connectivity index (χ3v) is 3.19. The second-order valence-corrected chi connectivity index (χ2v) is 4.36. The maximum absolute atomic E-state index is 12.2. The van der Waals surface area contributed by atoms with E-state index in [1.54, 1.807) is 29.1 Å². The lowest BCUT2D eigenvalue weighted by atomic mass is 10.3. The fourth-order valence-electron chi connectivity index (χ4n) is 2.27. The molecule has 0 atom stereocenters. The number of aromatic nitrogens is 2. The molecule has 5 nitrogen and oxygen atoms in total. The van der Waals surface area contributed by atoms with Gasteiger partial charge in [-0.3, -0.25) is 14.3 Å². The third-order valence-electron chi connectivity index (χ3n) is 3.19. The Labute approximate surface area is 111 Å². The highest BCUT2D eigenvalue weighted by atomic mass is 16.5. The van der Waals surface area contributed by atoms with E-state index in [2.05, 4.69) is 9.88 Å². The molecule has 0 aliphatic carbocycles. The fourth-order valence-corrected chi connectivity index (χ4v) is 2.27. The van der Waals surface area contributed by atoms with Crippen LogP contribution in [0.1, 0.15) is 0 Å². The van der Waals surface area contributed by atoms with Crippen LogP contribution in [0.25, 0.3) is 5.69 Å². The molecule has 0 aromatic carbocycles. The highest BCUT2D eigenvalue weighted by molar-refractivity contribution is 5.47. The van der Waals surface area contributed by atoms with Gasteiger partial charge in [-0.25, -0.2) is 0 Å². The first-order chi connectivity index (χ1) is 9.36. The summed E-state index contributed by atoms with van der Waals surface area (Å²) in [5, 5.41) is 0. The normalized spacial score (nSPS) is 15.5. The summed E-state index contributed by atoms with van der Waals surface area (Å²) in [6.07, 6.45) is 3.38. The molecule has 0 saturated carbocycles. The Morgan fingerprint density at radius 1 is 1.05 bits per heavy atom. The van der Waals surface area contributed by atoms with E-state index in [9.17, 15) is 4.79 Å². The molecule has 3 rings (SSSR count). The minimum absolute atomic E-state index is 0.0322. The molecule has 0 N–H and O–H groups in total. The topological polar surface area (TPSA) is 47.4 Å². The minimum Gasteiger partial charge on any atom is -0.378 e. The van der Waals surface area contributed by atoms with E-state index >= 15 is 0 Å². The second kappa shape index (κ2) is 5.24. The molecule has 19 heavy (non-hydrogen) atoms. The van der Waals surface area contributed by atoms with E-state index in [1.807, 2.05) is 18.2 Å². The van der Waals surface area contributed by atoms with Crippen molar-refractivity contribution in [3.8, 4) is 5.69 Å². The molecule has 0 amide bonds. The number of hydrogen-bond donors (Lipinski definition) is 0. The number of pyridine rings is 2. The fraction of sp³-hybridized carbons (Fsp3) is 0.286. The molecule has 2 aromatic rings. The average molecular weight is 257 g/mol. The quantitative estimate of drug-likeness (QED) is 0.807. The van der Waals surface area contributed by atoms with Gasteiger partial charge in [0.05, 0.1) is 18.9 Å². The Morgan fingerprint density at radius 2 is 1.79 bits per heavy atom. The molecule has 0 bridgehead atoms. The standard InChI is InChI=1S/C14H15N3O2/c18-14-3-1-2-13(16-8-10-19-11-9-16)17(14)12-4-6-15-7-5-12/h1-7H,8-11H2. The van der Waals surface area contributed by atoms with E-state index in [0.717, 1.165) is 24.6 Å². The molecule has 2 aromatic heterocycles. The number of nitrogens with zero attached hydrogens (tertiary/aromatic N) is 3. The molecular weight excluding hydrogens is 242 g/mol. The largest absolute Gasteiger partial charge is 0.378 e. The second-order valence-electron chi connectivity index (χ2n) is 4.36. The van der Waals surface area contributed by atoms with Crippen molar-refractivity contribution in [3.63, 3.8) is 0 Å². The van der Waals surface area contributed by atoms with Gasteiger partial charge >= 0.3 is 0 Å². The van der Waals surface area contributed by atoms with Crippen LogP contribution in [0.2, 0.25) is 0 Å². The zero-order chi connectivity index (χ0) is 13.1. The van der Waals surface area contributed by atoms with Gasteiger partial charge in [0.1, 0.15) is 5.82 Å². The summed E-state index contributed by atoms with van der Waals surface area (Å²) in [6, 6.07) is 9.01. The van der Waals surface area contributed by atoms with Crippen molar-refractivity contribution < 1.29 is 4.74 Å². The summed E-state index contributed by atoms with van der Waals surface area (Å²) in [4.78, 5) is 18.3. The number of morpholine rings is 1. The third kappa shape index (κ3) is 2.37. The molecule has 3 heterocycles. The van der Waals surface area contributed by atoms with Crippen LogP contribution in [-0.2, 0) is 4.74 Å². The minimum atomic E-state index is -0.0322. The molecule has 1 saturated heterocycles. The molecule has 0 spiro atoms. The van der Waals surface area contributed by atoms with Crippen molar-refractivity contribution >= 4 is 5.82 Å². The van der Waals surface area contributed by atoms with E-state index in [1.165, 1.54) is 0 Å². The summed E-state index contributed by atoms with van der Waals surface area (Å²) in [7, 11) is 0. The zero-order valence-corrected chi connectivity index (χ0v) is 10.5. The molecule has 0 unspecified atom stereocenters. The number of rotatable bonds is 2. The maximum atomic E-state index is 12.2. The van der Waals surface area contributed by atoms with Gasteiger partial charge in [0.25, 0.3) is 5.56 Å². The van der Waals surface area contributed by atoms with Crippen LogP contribution in [0.3, 0.4) is 0 Å². The molecule has 98 valence electrons. The smallest absolute Gasteiger partial charge is 0.256 e. The van der Waals surface area contributed by atoms with Crippen LogP contribution >= 0.6 is 0 Å². The Morgan fingerprint density at radius 3 is 2.53 bits per heavy atom. The lowest BCUT2D eigenvalue weighted by Gasteiger charge is -2.30. The SMILES string of the molecule is O=c1cccc(N2CCOCC2)n1-c1ccncc1. The molecule has 1 fully saturated rings. The van der Waals surface area contributed by atoms with Crippen molar-refractivity contribution in [3.05, 3.63) is 53.1 Å². The first-order valence-electron chi connectivity index (χ1n) is 6.31. The Bertz CT molecular complexity index is 604. The highest BCUT2D eigenvalue weighted by Gasteiger charge is 2.15. The Hall–Kier alpha value is -2.14. The summed E-state index contributed by atoms with van der Waals surface area (Å²) < 4.78 is 7.07. The van der Waals surface area contributed by atoms with Crippen LogP contribution in [-0.4, -0.2) is 35.9 Å². The van der Waals surface area contributed by atoms with E-state index in [0.29, 0.717) is 13.2 Å². The van der Waals surface area contributed by atoms with Crippen LogP contribution in [0, 0.1) is 0 Å². The monoisotopic (exact) mass is 257 g/mol. The summed E-state index contributed by atoms with van der Waals surface area (Å²) in [5.41, 5.74) is 0.803.